The summed E-state index contributed by atoms with van der Waals surface area (Å²) >= 11 is 0. The highest BCUT2D eigenvalue weighted by Gasteiger charge is 2.28. The van der Waals surface area contributed by atoms with Crippen molar-refractivity contribution >= 4 is 22.4 Å². The lowest BCUT2D eigenvalue weighted by Gasteiger charge is -2.24. The van der Waals surface area contributed by atoms with Crippen LogP contribution in [0, 0.1) is 0 Å². The van der Waals surface area contributed by atoms with Crippen molar-refractivity contribution in [1.29, 1.82) is 0 Å². The van der Waals surface area contributed by atoms with E-state index in [4.69, 9.17) is 10.5 Å². The first-order valence-corrected chi connectivity index (χ1v) is 8.46. The summed E-state index contributed by atoms with van der Waals surface area (Å²) in [6.07, 6.45) is 1.51. The van der Waals surface area contributed by atoms with Gasteiger partial charge in [0.1, 0.15) is 5.25 Å². The Labute approximate surface area is 127 Å². The van der Waals surface area contributed by atoms with E-state index in [1.807, 2.05) is 18.2 Å². The lowest BCUT2D eigenvalue weighted by Crippen LogP contribution is -2.36. The standard InChI is InChI=1S/C15H22N2O3S/c1-11(21(19)14-5-7-20-8-6-14)15(18)17-13-4-2-3-12(9-13)10-16/h2-4,9,11,14H,5-8,10,16H2,1H3,(H,17,18). The van der Waals surface area contributed by atoms with E-state index in [0.29, 0.717) is 25.4 Å². The zero-order valence-electron chi connectivity index (χ0n) is 12.2. The van der Waals surface area contributed by atoms with Gasteiger partial charge in [0.2, 0.25) is 5.91 Å². The van der Waals surface area contributed by atoms with Crippen LogP contribution < -0.4 is 11.1 Å². The first kappa shape index (κ1) is 16.1. The molecule has 3 N–H and O–H groups in total. The second-order valence-corrected chi connectivity index (χ2v) is 7.21. The van der Waals surface area contributed by atoms with E-state index < -0.39 is 16.0 Å². The van der Waals surface area contributed by atoms with E-state index in [-0.39, 0.29) is 11.2 Å². The molecule has 0 saturated carbocycles. The van der Waals surface area contributed by atoms with E-state index >= 15 is 0 Å². The van der Waals surface area contributed by atoms with Crippen molar-refractivity contribution in [1.82, 2.24) is 0 Å². The Balaban J connectivity index is 1.96. The molecule has 1 aromatic carbocycles. The second kappa shape index (κ2) is 7.68. The van der Waals surface area contributed by atoms with Gasteiger partial charge in [-0.25, -0.2) is 0 Å². The van der Waals surface area contributed by atoms with Gasteiger partial charge < -0.3 is 15.8 Å². The minimum Gasteiger partial charge on any atom is -0.381 e. The molecule has 116 valence electrons. The molecule has 2 unspecified atom stereocenters. The Kier molecular flexibility index (Phi) is 5.90. The average Bonchev–Trinajstić information content (AvgIpc) is 2.54. The highest BCUT2D eigenvalue weighted by Crippen LogP contribution is 2.18. The average molecular weight is 310 g/mol. The SMILES string of the molecule is CC(C(=O)Nc1cccc(CN)c1)S(=O)C1CCOCC1. The first-order chi connectivity index (χ1) is 10.1. The number of nitrogens with one attached hydrogen (secondary N) is 1. The normalized spacial score (nSPS) is 19.0. The van der Waals surface area contributed by atoms with Gasteiger partial charge in [-0.2, -0.15) is 0 Å². The Morgan fingerprint density at radius 1 is 1.48 bits per heavy atom. The summed E-state index contributed by atoms with van der Waals surface area (Å²) in [6, 6.07) is 7.39. The molecule has 5 nitrogen and oxygen atoms in total. The maximum atomic E-state index is 12.4. The highest BCUT2D eigenvalue weighted by atomic mass is 32.2. The molecule has 1 heterocycles. The van der Waals surface area contributed by atoms with Crippen LogP contribution in [0.4, 0.5) is 5.69 Å². The lowest BCUT2D eigenvalue weighted by atomic mass is 10.2. The number of carbonyl (C=O) groups excluding carboxylic acids is 1. The third kappa shape index (κ3) is 4.36. The van der Waals surface area contributed by atoms with Crippen molar-refractivity contribution in [2.24, 2.45) is 5.73 Å². The number of rotatable bonds is 5. The monoisotopic (exact) mass is 310 g/mol. The Hall–Kier alpha value is -1.24. The predicted molar refractivity (Wildman–Crippen MR) is 84.4 cm³/mol. The second-order valence-electron chi connectivity index (χ2n) is 5.18. The van der Waals surface area contributed by atoms with Crippen molar-refractivity contribution in [3.63, 3.8) is 0 Å². The molecule has 1 amide bonds. The quantitative estimate of drug-likeness (QED) is 0.861. The third-order valence-corrected chi connectivity index (χ3v) is 5.68. The zero-order valence-corrected chi connectivity index (χ0v) is 13.0. The summed E-state index contributed by atoms with van der Waals surface area (Å²) < 4.78 is 17.7. The van der Waals surface area contributed by atoms with Gasteiger partial charge in [-0.15, -0.1) is 0 Å². The maximum Gasteiger partial charge on any atom is 0.239 e. The lowest BCUT2D eigenvalue weighted by molar-refractivity contribution is -0.115. The fourth-order valence-corrected chi connectivity index (χ4v) is 3.83. The summed E-state index contributed by atoms with van der Waals surface area (Å²) in [7, 11) is -1.18. The van der Waals surface area contributed by atoms with E-state index in [2.05, 4.69) is 5.32 Å². The van der Waals surface area contributed by atoms with Gasteiger partial charge in [0.15, 0.2) is 0 Å². The van der Waals surface area contributed by atoms with Crippen LogP contribution in [0.1, 0.15) is 25.3 Å². The summed E-state index contributed by atoms with van der Waals surface area (Å²) in [5, 5.41) is 2.34. The number of carbonyl (C=O) groups is 1. The van der Waals surface area contributed by atoms with Crippen LogP contribution >= 0.6 is 0 Å². The van der Waals surface area contributed by atoms with Crippen LogP contribution in [-0.4, -0.2) is 33.8 Å². The zero-order chi connectivity index (χ0) is 15.2. The van der Waals surface area contributed by atoms with Gasteiger partial charge in [0.25, 0.3) is 0 Å². The fourth-order valence-electron chi connectivity index (χ4n) is 2.32. The van der Waals surface area contributed by atoms with E-state index in [9.17, 15) is 9.00 Å². The van der Waals surface area contributed by atoms with Crippen LogP contribution in [0.5, 0.6) is 0 Å². The molecule has 2 atom stereocenters. The molecule has 6 heteroatoms. The number of hydrogen-bond donors (Lipinski definition) is 2. The molecule has 1 aliphatic rings. The van der Waals surface area contributed by atoms with Crippen LogP contribution in [0.3, 0.4) is 0 Å². The topological polar surface area (TPSA) is 81.4 Å². The number of amides is 1. The molecule has 0 aliphatic carbocycles. The van der Waals surface area contributed by atoms with Gasteiger partial charge in [-0.05, 0) is 37.5 Å². The first-order valence-electron chi connectivity index (χ1n) is 7.19. The maximum absolute atomic E-state index is 12.4. The predicted octanol–water partition coefficient (Wildman–Crippen LogP) is 1.40. The summed E-state index contributed by atoms with van der Waals surface area (Å²) in [5.74, 6) is -0.214. The molecule has 21 heavy (non-hydrogen) atoms. The van der Waals surface area contributed by atoms with Crippen molar-refractivity contribution in [2.45, 2.75) is 36.8 Å². The molecule has 1 fully saturated rings. The van der Waals surface area contributed by atoms with Crippen molar-refractivity contribution in [3.8, 4) is 0 Å². The smallest absolute Gasteiger partial charge is 0.239 e. The van der Waals surface area contributed by atoms with E-state index in [1.54, 1.807) is 13.0 Å². The summed E-state index contributed by atoms with van der Waals surface area (Å²) in [4.78, 5) is 12.2. The van der Waals surface area contributed by atoms with Gasteiger partial charge in [-0.1, -0.05) is 12.1 Å². The van der Waals surface area contributed by atoms with Gasteiger partial charge in [0.05, 0.1) is 0 Å². The van der Waals surface area contributed by atoms with Crippen LogP contribution in [-0.2, 0) is 26.9 Å². The Morgan fingerprint density at radius 2 is 2.19 bits per heavy atom. The van der Waals surface area contributed by atoms with Crippen molar-refractivity contribution < 1.29 is 13.7 Å². The minimum absolute atomic E-state index is 0.0508. The molecule has 1 saturated heterocycles. The minimum atomic E-state index is -1.18. The Morgan fingerprint density at radius 3 is 2.86 bits per heavy atom. The largest absolute Gasteiger partial charge is 0.381 e. The fraction of sp³-hybridized carbons (Fsp3) is 0.533. The van der Waals surface area contributed by atoms with Crippen LogP contribution in [0.2, 0.25) is 0 Å². The number of hydrogen-bond acceptors (Lipinski definition) is 4. The molecule has 1 aliphatic heterocycles. The molecule has 1 aromatic rings. The number of benzene rings is 1. The molecular formula is C15H22N2O3S. The number of nitrogens with two attached hydrogens (primary N) is 1. The number of anilines is 1. The molecule has 2 rings (SSSR count). The summed E-state index contributed by atoms with van der Waals surface area (Å²) in [6.45, 7) is 3.40. The number of ether oxygens (including phenoxy) is 1. The third-order valence-electron chi connectivity index (χ3n) is 3.64. The Bertz CT molecular complexity index is 515. The van der Waals surface area contributed by atoms with E-state index in [0.717, 1.165) is 18.4 Å². The molecule has 0 radical (unpaired) electrons. The van der Waals surface area contributed by atoms with E-state index in [1.165, 1.54) is 0 Å². The van der Waals surface area contributed by atoms with Gasteiger partial charge in [-0.3, -0.25) is 9.00 Å². The molecule has 0 aromatic heterocycles. The molecule has 0 bridgehead atoms. The summed E-state index contributed by atoms with van der Waals surface area (Å²) in [5.41, 5.74) is 7.23. The van der Waals surface area contributed by atoms with Crippen molar-refractivity contribution in [3.05, 3.63) is 29.8 Å². The highest BCUT2D eigenvalue weighted by molar-refractivity contribution is 7.87. The molecule has 0 spiro atoms. The van der Waals surface area contributed by atoms with Gasteiger partial charge >= 0.3 is 0 Å². The van der Waals surface area contributed by atoms with Crippen LogP contribution in [0.15, 0.2) is 24.3 Å². The van der Waals surface area contributed by atoms with Crippen molar-refractivity contribution in [2.75, 3.05) is 18.5 Å². The van der Waals surface area contributed by atoms with Crippen LogP contribution in [0.25, 0.3) is 0 Å². The van der Waals surface area contributed by atoms with Gasteiger partial charge in [0, 0.05) is 41.5 Å². The molecular weight excluding hydrogens is 288 g/mol.